The van der Waals surface area contributed by atoms with Crippen molar-refractivity contribution in [1.29, 1.82) is 0 Å². The Morgan fingerprint density at radius 3 is 2.63 bits per heavy atom. The molecule has 0 aliphatic carbocycles. The number of benzene rings is 1. The van der Waals surface area contributed by atoms with Gasteiger partial charge in [-0.15, -0.1) is 0 Å². The fourth-order valence-corrected chi connectivity index (χ4v) is 3.07. The number of hydrogen-bond acceptors (Lipinski definition) is 7. The Morgan fingerprint density at radius 2 is 2.04 bits per heavy atom. The van der Waals surface area contributed by atoms with E-state index in [1.807, 2.05) is 0 Å². The van der Waals surface area contributed by atoms with Gasteiger partial charge in [-0.1, -0.05) is 0 Å². The molecule has 1 amide bonds. The lowest BCUT2D eigenvalue weighted by Crippen LogP contribution is -2.42. The molecule has 0 saturated carbocycles. The Bertz CT molecular complexity index is 841. The van der Waals surface area contributed by atoms with E-state index in [0.29, 0.717) is 37.2 Å². The number of non-ortho nitro benzene ring substituents is 1. The summed E-state index contributed by atoms with van der Waals surface area (Å²) in [5, 5.41) is 14.2. The van der Waals surface area contributed by atoms with Crippen molar-refractivity contribution in [2.24, 2.45) is 0 Å². The van der Waals surface area contributed by atoms with E-state index in [4.69, 9.17) is 9.15 Å². The summed E-state index contributed by atoms with van der Waals surface area (Å²) in [6.07, 6.45) is 4.25. The van der Waals surface area contributed by atoms with Crippen LogP contribution >= 0.6 is 0 Å². The number of rotatable bonds is 5. The van der Waals surface area contributed by atoms with E-state index in [0.717, 1.165) is 0 Å². The van der Waals surface area contributed by atoms with Crippen molar-refractivity contribution in [3.63, 3.8) is 0 Å². The number of nitro groups is 1. The first-order chi connectivity index (χ1) is 13.0. The second-order valence-corrected chi connectivity index (χ2v) is 6.20. The SMILES string of the molecule is COC(=O)c1cc([N+](=O)[O-])ccc1NC1CCN(C(=O)c2ccoc2)CC1. The fraction of sp³-hybridized carbons (Fsp3) is 0.333. The van der Waals surface area contributed by atoms with Gasteiger partial charge in [-0.05, 0) is 25.0 Å². The summed E-state index contributed by atoms with van der Waals surface area (Å²) >= 11 is 0. The van der Waals surface area contributed by atoms with Crippen molar-refractivity contribution in [3.8, 4) is 0 Å². The van der Waals surface area contributed by atoms with Crippen LogP contribution in [0.25, 0.3) is 0 Å². The number of ether oxygens (including phenoxy) is 1. The van der Waals surface area contributed by atoms with Gasteiger partial charge in [0.05, 0.1) is 29.4 Å². The zero-order valence-electron chi connectivity index (χ0n) is 14.7. The second kappa shape index (κ2) is 7.90. The predicted molar refractivity (Wildman–Crippen MR) is 95.7 cm³/mol. The molecule has 1 fully saturated rings. The number of nitrogens with one attached hydrogen (secondary N) is 1. The lowest BCUT2D eigenvalue weighted by Gasteiger charge is -2.33. The highest BCUT2D eigenvalue weighted by atomic mass is 16.6. The summed E-state index contributed by atoms with van der Waals surface area (Å²) in [7, 11) is 1.23. The van der Waals surface area contributed by atoms with Crippen LogP contribution in [0.5, 0.6) is 0 Å². The van der Waals surface area contributed by atoms with E-state index >= 15 is 0 Å². The van der Waals surface area contributed by atoms with E-state index in [2.05, 4.69) is 5.32 Å². The van der Waals surface area contributed by atoms with Gasteiger partial charge in [-0.25, -0.2) is 4.79 Å². The molecule has 2 aromatic rings. The Hall–Kier alpha value is -3.36. The van der Waals surface area contributed by atoms with Gasteiger partial charge in [0.2, 0.25) is 0 Å². The standard InChI is InChI=1S/C18H19N3O6/c1-26-18(23)15-10-14(21(24)25)2-3-16(15)19-13-4-7-20(8-5-13)17(22)12-6-9-27-11-12/h2-3,6,9-11,13,19H,4-5,7-8H2,1H3. The number of methoxy groups -OCH3 is 1. The normalized spacial score (nSPS) is 14.6. The van der Waals surface area contributed by atoms with E-state index in [1.165, 1.54) is 37.8 Å². The quantitative estimate of drug-likeness (QED) is 0.487. The molecule has 142 valence electrons. The van der Waals surface area contributed by atoms with Gasteiger partial charge in [0.25, 0.3) is 11.6 Å². The third-order valence-electron chi connectivity index (χ3n) is 4.53. The van der Waals surface area contributed by atoms with E-state index in [9.17, 15) is 19.7 Å². The molecule has 1 saturated heterocycles. The van der Waals surface area contributed by atoms with Gasteiger partial charge in [0, 0.05) is 37.0 Å². The van der Waals surface area contributed by atoms with Crippen molar-refractivity contribution < 1.29 is 23.7 Å². The topological polar surface area (TPSA) is 115 Å². The maximum atomic E-state index is 12.3. The van der Waals surface area contributed by atoms with Gasteiger partial charge in [0.1, 0.15) is 6.26 Å². The Balaban J connectivity index is 1.67. The van der Waals surface area contributed by atoms with Crippen LogP contribution in [0.2, 0.25) is 0 Å². The molecule has 0 bridgehead atoms. The highest BCUT2D eigenvalue weighted by Gasteiger charge is 2.26. The molecule has 0 radical (unpaired) electrons. The smallest absolute Gasteiger partial charge is 0.340 e. The van der Waals surface area contributed by atoms with Crippen molar-refractivity contribution >= 4 is 23.3 Å². The van der Waals surface area contributed by atoms with Gasteiger partial charge in [-0.3, -0.25) is 14.9 Å². The molecule has 1 aliphatic rings. The van der Waals surface area contributed by atoms with Crippen LogP contribution in [-0.4, -0.2) is 47.9 Å². The lowest BCUT2D eigenvalue weighted by atomic mass is 10.0. The minimum absolute atomic E-state index is 0.0308. The maximum absolute atomic E-state index is 12.3. The van der Waals surface area contributed by atoms with Gasteiger partial charge in [-0.2, -0.15) is 0 Å². The largest absolute Gasteiger partial charge is 0.472 e. The number of piperidine rings is 1. The summed E-state index contributed by atoms with van der Waals surface area (Å²) in [5.41, 5.74) is 0.932. The van der Waals surface area contributed by atoms with Gasteiger partial charge < -0.3 is 19.4 Å². The number of nitrogens with zero attached hydrogens (tertiary/aromatic N) is 2. The van der Waals surface area contributed by atoms with E-state index in [1.54, 1.807) is 11.0 Å². The first-order valence-corrected chi connectivity index (χ1v) is 8.44. The molecule has 0 spiro atoms. The second-order valence-electron chi connectivity index (χ2n) is 6.20. The molecular formula is C18H19N3O6. The van der Waals surface area contributed by atoms with Crippen LogP contribution in [0.15, 0.2) is 41.2 Å². The minimum atomic E-state index is -0.645. The van der Waals surface area contributed by atoms with Crippen LogP contribution in [0, 0.1) is 10.1 Å². The molecule has 1 N–H and O–H groups in total. The number of likely N-dealkylation sites (tertiary alicyclic amines) is 1. The number of nitro benzene ring substituents is 1. The summed E-state index contributed by atoms with van der Waals surface area (Å²) in [4.78, 5) is 36.4. The summed E-state index contributed by atoms with van der Waals surface area (Å²) < 4.78 is 9.68. The molecule has 1 aromatic heterocycles. The molecule has 27 heavy (non-hydrogen) atoms. The zero-order valence-corrected chi connectivity index (χ0v) is 14.7. The van der Waals surface area contributed by atoms with Crippen molar-refractivity contribution in [2.45, 2.75) is 18.9 Å². The van der Waals surface area contributed by atoms with Gasteiger partial charge >= 0.3 is 5.97 Å². The number of anilines is 1. The zero-order chi connectivity index (χ0) is 19.4. The summed E-state index contributed by atoms with van der Waals surface area (Å²) in [5.74, 6) is -0.721. The number of amides is 1. The third kappa shape index (κ3) is 4.08. The van der Waals surface area contributed by atoms with Crippen LogP contribution in [0.1, 0.15) is 33.6 Å². The molecule has 1 aromatic carbocycles. The summed E-state index contributed by atoms with van der Waals surface area (Å²) in [6, 6.07) is 5.71. The fourth-order valence-electron chi connectivity index (χ4n) is 3.07. The molecular weight excluding hydrogens is 354 g/mol. The number of hydrogen-bond donors (Lipinski definition) is 1. The predicted octanol–water partition coefficient (Wildman–Crippen LogP) is 2.69. The lowest BCUT2D eigenvalue weighted by molar-refractivity contribution is -0.384. The Kier molecular flexibility index (Phi) is 5.39. The highest BCUT2D eigenvalue weighted by molar-refractivity contribution is 5.96. The van der Waals surface area contributed by atoms with Crippen LogP contribution in [-0.2, 0) is 4.74 Å². The van der Waals surface area contributed by atoms with Crippen LogP contribution < -0.4 is 5.32 Å². The van der Waals surface area contributed by atoms with Crippen molar-refractivity contribution in [1.82, 2.24) is 4.90 Å². The van der Waals surface area contributed by atoms with E-state index < -0.39 is 10.9 Å². The number of esters is 1. The molecule has 0 atom stereocenters. The molecule has 9 heteroatoms. The molecule has 9 nitrogen and oxygen atoms in total. The molecule has 0 unspecified atom stereocenters. The first kappa shape index (κ1) is 18.4. The average Bonchev–Trinajstić information content (AvgIpc) is 3.22. The monoisotopic (exact) mass is 373 g/mol. The number of carbonyl (C=O) groups is 2. The molecule has 3 rings (SSSR count). The van der Waals surface area contributed by atoms with Crippen molar-refractivity contribution in [2.75, 3.05) is 25.5 Å². The number of furan rings is 1. The first-order valence-electron chi connectivity index (χ1n) is 8.44. The molecule has 2 heterocycles. The van der Waals surface area contributed by atoms with Crippen LogP contribution in [0.4, 0.5) is 11.4 Å². The Labute approximate surface area is 155 Å². The van der Waals surface area contributed by atoms with E-state index in [-0.39, 0.29) is 23.2 Å². The average molecular weight is 373 g/mol. The van der Waals surface area contributed by atoms with Crippen molar-refractivity contribution in [3.05, 3.63) is 58.0 Å². The molecule has 1 aliphatic heterocycles. The Morgan fingerprint density at radius 1 is 1.30 bits per heavy atom. The third-order valence-corrected chi connectivity index (χ3v) is 4.53. The van der Waals surface area contributed by atoms with Gasteiger partial charge in [0.15, 0.2) is 0 Å². The summed E-state index contributed by atoms with van der Waals surface area (Å²) in [6.45, 7) is 1.12. The number of carbonyl (C=O) groups excluding carboxylic acids is 2. The minimum Gasteiger partial charge on any atom is -0.472 e. The van der Waals surface area contributed by atoms with Crippen LogP contribution in [0.3, 0.4) is 0 Å². The highest BCUT2D eigenvalue weighted by Crippen LogP contribution is 2.26. The maximum Gasteiger partial charge on any atom is 0.340 e.